The van der Waals surface area contributed by atoms with Gasteiger partial charge in [-0.3, -0.25) is 9.63 Å². The van der Waals surface area contributed by atoms with Gasteiger partial charge in [0.25, 0.3) is 5.91 Å². The Morgan fingerprint density at radius 2 is 2.40 bits per heavy atom. The highest BCUT2D eigenvalue weighted by Crippen LogP contribution is 2.02. The first-order valence-electron chi connectivity index (χ1n) is 4.27. The number of ether oxygens (including phenoxy) is 1. The van der Waals surface area contributed by atoms with Crippen LogP contribution < -0.4 is 5.48 Å². The Bertz CT molecular complexity index is 333. The van der Waals surface area contributed by atoms with Gasteiger partial charge in [0.1, 0.15) is 0 Å². The van der Waals surface area contributed by atoms with Gasteiger partial charge < -0.3 is 4.74 Å². The number of carbonyl (C=O) groups is 1. The second kappa shape index (κ2) is 6.05. The summed E-state index contributed by atoms with van der Waals surface area (Å²) in [6.45, 7) is 0.542. The second-order valence-electron chi connectivity index (χ2n) is 2.61. The number of amides is 1. The van der Waals surface area contributed by atoms with E-state index in [2.05, 4.69) is 10.5 Å². The van der Waals surface area contributed by atoms with Crippen LogP contribution in [0.3, 0.4) is 0 Å². The molecule has 0 spiro atoms. The highest BCUT2D eigenvalue weighted by Gasteiger charge is 2.11. The van der Waals surface area contributed by atoms with Crippen molar-refractivity contribution in [2.75, 3.05) is 20.3 Å². The standard InChI is InChI=1S/C9H11FN2O3/c1-14-5-6-15-12-9(13)7-3-2-4-11-8(7)10/h2-4H,5-6H2,1H3,(H,12,13). The molecule has 0 saturated carbocycles. The molecule has 1 aromatic rings. The first kappa shape index (κ1) is 11.5. The molecule has 1 heterocycles. The van der Waals surface area contributed by atoms with Crippen LogP contribution in [0.2, 0.25) is 0 Å². The first-order valence-corrected chi connectivity index (χ1v) is 4.27. The number of hydrogen-bond donors (Lipinski definition) is 1. The van der Waals surface area contributed by atoms with E-state index in [-0.39, 0.29) is 12.2 Å². The van der Waals surface area contributed by atoms with Gasteiger partial charge >= 0.3 is 0 Å². The minimum atomic E-state index is -0.828. The number of aromatic nitrogens is 1. The Morgan fingerprint density at radius 1 is 1.60 bits per heavy atom. The Balaban J connectivity index is 2.44. The van der Waals surface area contributed by atoms with Gasteiger partial charge in [-0.25, -0.2) is 10.5 Å². The molecule has 0 saturated heterocycles. The highest BCUT2D eigenvalue weighted by molar-refractivity contribution is 5.93. The van der Waals surface area contributed by atoms with Crippen LogP contribution in [-0.4, -0.2) is 31.2 Å². The number of halogens is 1. The summed E-state index contributed by atoms with van der Waals surface area (Å²) in [5.74, 6) is -1.50. The number of nitrogens with zero attached hydrogens (tertiary/aromatic N) is 1. The number of nitrogens with one attached hydrogen (secondary N) is 1. The third-order valence-corrected chi connectivity index (χ3v) is 1.56. The average molecular weight is 214 g/mol. The minimum absolute atomic E-state index is 0.157. The van der Waals surface area contributed by atoms with Crippen molar-refractivity contribution < 1.29 is 18.8 Å². The summed E-state index contributed by atoms with van der Waals surface area (Å²) in [7, 11) is 1.51. The van der Waals surface area contributed by atoms with Crippen LogP contribution in [-0.2, 0) is 9.57 Å². The molecule has 1 amide bonds. The first-order chi connectivity index (χ1) is 7.25. The van der Waals surface area contributed by atoms with E-state index < -0.39 is 11.9 Å². The van der Waals surface area contributed by atoms with E-state index in [1.165, 1.54) is 25.4 Å². The lowest BCUT2D eigenvalue weighted by Crippen LogP contribution is -2.26. The Kier molecular flexibility index (Phi) is 4.65. The van der Waals surface area contributed by atoms with E-state index in [1.807, 2.05) is 0 Å². The SMILES string of the molecule is COCCONC(=O)c1cccnc1F. The molecule has 5 nitrogen and oxygen atoms in total. The Morgan fingerprint density at radius 3 is 3.07 bits per heavy atom. The van der Waals surface area contributed by atoms with E-state index in [9.17, 15) is 9.18 Å². The maximum atomic E-state index is 13.0. The summed E-state index contributed by atoms with van der Waals surface area (Å²) in [6, 6.07) is 2.78. The molecule has 0 aliphatic rings. The van der Waals surface area contributed by atoms with Crippen molar-refractivity contribution in [1.82, 2.24) is 10.5 Å². The number of methoxy groups -OCH3 is 1. The lowest BCUT2D eigenvalue weighted by molar-refractivity contribution is 0.00860. The maximum Gasteiger partial charge on any atom is 0.279 e. The van der Waals surface area contributed by atoms with Crippen molar-refractivity contribution >= 4 is 5.91 Å². The molecule has 0 unspecified atom stereocenters. The fraction of sp³-hybridized carbons (Fsp3) is 0.333. The molecule has 0 atom stereocenters. The zero-order valence-electron chi connectivity index (χ0n) is 8.20. The summed E-state index contributed by atoms with van der Waals surface area (Å²) in [4.78, 5) is 19.3. The van der Waals surface area contributed by atoms with E-state index in [4.69, 9.17) is 9.57 Å². The molecule has 0 radical (unpaired) electrons. The zero-order valence-corrected chi connectivity index (χ0v) is 8.20. The second-order valence-corrected chi connectivity index (χ2v) is 2.61. The maximum absolute atomic E-state index is 13.0. The van der Waals surface area contributed by atoms with Crippen LogP contribution in [0.15, 0.2) is 18.3 Å². The monoisotopic (exact) mass is 214 g/mol. The zero-order chi connectivity index (χ0) is 11.1. The van der Waals surface area contributed by atoms with Crippen LogP contribution in [0.1, 0.15) is 10.4 Å². The number of carbonyl (C=O) groups excluding carboxylic acids is 1. The van der Waals surface area contributed by atoms with Crippen molar-refractivity contribution in [1.29, 1.82) is 0 Å². The van der Waals surface area contributed by atoms with Gasteiger partial charge in [-0.1, -0.05) is 0 Å². The summed E-state index contributed by atoms with van der Waals surface area (Å²) < 4.78 is 17.7. The van der Waals surface area contributed by atoms with Gasteiger partial charge in [-0.05, 0) is 12.1 Å². The van der Waals surface area contributed by atoms with Crippen molar-refractivity contribution in [3.8, 4) is 0 Å². The van der Waals surface area contributed by atoms with Crippen molar-refractivity contribution in [2.45, 2.75) is 0 Å². The van der Waals surface area contributed by atoms with Gasteiger partial charge in [0.15, 0.2) is 0 Å². The summed E-state index contributed by atoms with van der Waals surface area (Å²) in [6.07, 6.45) is 1.26. The molecule has 15 heavy (non-hydrogen) atoms. The fourth-order valence-corrected chi connectivity index (χ4v) is 0.852. The van der Waals surface area contributed by atoms with Gasteiger partial charge in [-0.2, -0.15) is 4.39 Å². The van der Waals surface area contributed by atoms with Crippen molar-refractivity contribution in [2.24, 2.45) is 0 Å². The molecule has 0 bridgehead atoms. The van der Waals surface area contributed by atoms with Gasteiger partial charge in [0, 0.05) is 13.3 Å². The van der Waals surface area contributed by atoms with Crippen LogP contribution >= 0.6 is 0 Å². The quantitative estimate of drug-likeness (QED) is 0.441. The summed E-state index contributed by atoms with van der Waals surface area (Å²) in [5, 5.41) is 0. The summed E-state index contributed by atoms with van der Waals surface area (Å²) in [5.41, 5.74) is 1.92. The van der Waals surface area contributed by atoms with Crippen LogP contribution in [0.25, 0.3) is 0 Å². The lowest BCUT2D eigenvalue weighted by atomic mass is 10.3. The third kappa shape index (κ3) is 3.61. The van der Waals surface area contributed by atoms with Crippen LogP contribution in [0.4, 0.5) is 4.39 Å². The summed E-state index contributed by atoms with van der Waals surface area (Å²) >= 11 is 0. The number of pyridine rings is 1. The normalized spacial score (nSPS) is 10.0. The molecule has 82 valence electrons. The van der Waals surface area contributed by atoms with Gasteiger partial charge in [-0.15, -0.1) is 0 Å². The molecule has 1 rings (SSSR count). The highest BCUT2D eigenvalue weighted by atomic mass is 19.1. The predicted octanol–water partition coefficient (Wildman–Crippen LogP) is 0.528. The topological polar surface area (TPSA) is 60.5 Å². The fourth-order valence-electron chi connectivity index (χ4n) is 0.852. The molecular formula is C9H11FN2O3. The lowest BCUT2D eigenvalue weighted by Gasteiger charge is -2.05. The Labute approximate surface area is 86.2 Å². The van der Waals surface area contributed by atoms with Gasteiger partial charge in [0.2, 0.25) is 5.95 Å². The van der Waals surface area contributed by atoms with E-state index in [0.717, 1.165) is 0 Å². The number of hydrogen-bond acceptors (Lipinski definition) is 4. The smallest absolute Gasteiger partial charge is 0.279 e. The largest absolute Gasteiger partial charge is 0.382 e. The van der Waals surface area contributed by atoms with E-state index in [0.29, 0.717) is 6.61 Å². The molecule has 6 heteroatoms. The molecule has 0 fully saturated rings. The van der Waals surface area contributed by atoms with Crippen molar-refractivity contribution in [3.05, 3.63) is 29.8 Å². The van der Waals surface area contributed by atoms with Crippen LogP contribution in [0.5, 0.6) is 0 Å². The minimum Gasteiger partial charge on any atom is -0.382 e. The Hall–Kier alpha value is -1.53. The van der Waals surface area contributed by atoms with E-state index >= 15 is 0 Å². The molecular weight excluding hydrogens is 203 g/mol. The molecule has 1 N–H and O–H groups in total. The predicted molar refractivity (Wildman–Crippen MR) is 49.5 cm³/mol. The van der Waals surface area contributed by atoms with Gasteiger partial charge in [0.05, 0.1) is 18.8 Å². The molecule has 0 aliphatic carbocycles. The van der Waals surface area contributed by atoms with Crippen LogP contribution in [0, 0.1) is 5.95 Å². The number of hydroxylamine groups is 1. The molecule has 0 aliphatic heterocycles. The molecule has 0 aromatic carbocycles. The van der Waals surface area contributed by atoms with E-state index in [1.54, 1.807) is 0 Å². The molecule has 1 aromatic heterocycles. The van der Waals surface area contributed by atoms with Crippen molar-refractivity contribution in [3.63, 3.8) is 0 Å². The number of rotatable bonds is 5. The third-order valence-electron chi connectivity index (χ3n) is 1.56. The average Bonchev–Trinajstić information content (AvgIpc) is 2.25.